The minimum absolute atomic E-state index is 0.108. The molecule has 0 aliphatic carbocycles. The van der Waals surface area contributed by atoms with Crippen molar-refractivity contribution in [3.05, 3.63) is 90.0 Å². The highest BCUT2D eigenvalue weighted by atomic mass is 32.2. The van der Waals surface area contributed by atoms with Gasteiger partial charge in [-0.25, -0.2) is 13.8 Å². The van der Waals surface area contributed by atoms with E-state index in [2.05, 4.69) is 10.5 Å². The van der Waals surface area contributed by atoms with Crippen molar-refractivity contribution in [2.75, 3.05) is 17.5 Å². The van der Waals surface area contributed by atoms with E-state index in [1.807, 2.05) is 50.2 Å². The molecule has 0 heterocycles. The van der Waals surface area contributed by atoms with E-state index in [-0.39, 0.29) is 4.90 Å². The standard InChI is InChI=1S/C26H29N3O4S/c1-4-21-11-15-23(16-12-21)29(34(31,32)25-9-7-6-8-10-25)19-26(30)28-27-20(3)22-13-17-24(18-14-22)33-5-2/h6-18H,4-5,19H2,1-3H3,(H,28,30)/b27-20-. The number of benzene rings is 3. The molecule has 34 heavy (non-hydrogen) atoms. The summed E-state index contributed by atoms with van der Waals surface area (Å²) < 4.78 is 33.3. The SMILES string of the molecule is CCOc1ccc(/C(C)=N\NC(=O)CN(c2ccc(CC)cc2)S(=O)(=O)c2ccccc2)cc1. The normalized spacial score (nSPS) is 11.7. The molecule has 0 aliphatic heterocycles. The van der Waals surface area contributed by atoms with Crippen LogP contribution < -0.4 is 14.5 Å². The molecule has 0 saturated heterocycles. The Labute approximate surface area is 201 Å². The van der Waals surface area contributed by atoms with Gasteiger partial charge in [-0.1, -0.05) is 37.3 Å². The van der Waals surface area contributed by atoms with Crippen LogP contribution in [0.2, 0.25) is 0 Å². The monoisotopic (exact) mass is 479 g/mol. The van der Waals surface area contributed by atoms with Crippen molar-refractivity contribution in [1.82, 2.24) is 5.43 Å². The molecule has 8 heteroatoms. The van der Waals surface area contributed by atoms with Crippen LogP contribution in [0.5, 0.6) is 5.75 Å². The lowest BCUT2D eigenvalue weighted by atomic mass is 10.1. The van der Waals surface area contributed by atoms with Crippen molar-refractivity contribution in [3.8, 4) is 5.75 Å². The lowest BCUT2D eigenvalue weighted by molar-refractivity contribution is -0.119. The van der Waals surface area contributed by atoms with Crippen LogP contribution in [0, 0.1) is 0 Å². The number of aryl methyl sites for hydroxylation is 1. The summed E-state index contributed by atoms with van der Waals surface area (Å²) in [4.78, 5) is 12.9. The lowest BCUT2D eigenvalue weighted by Crippen LogP contribution is -2.39. The van der Waals surface area contributed by atoms with E-state index >= 15 is 0 Å². The van der Waals surface area contributed by atoms with Crippen molar-refractivity contribution >= 4 is 27.3 Å². The molecule has 3 aromatic carbocycles. The minimum atomic E-state index is -3.96. The van der Waals surface area contributed by atoms with Crippen LogP contribution in [0.15, 0.2) is 88.9 Å². The average Bonchev–Trinajstić information content (AvgIpc) is 2.87. The highest BCUT2D eigenvalue weighted by Gasteiger charge is 2.27. The molecule has 1 amide bonds. The number of hydrazone groups is 1. The maximum atomic E-state index is 13.4. The molecule has 178 valence electrons. The number of nitrogens with one attached hydrogen (secondary N) is 1. The quantitative estimate of drug-likeness (QED) is 0.345. The van der Waals surface area contributed by atoms with Crippen molar-refractivity contribution in [3.63, 3.8) is 0 Å². The van der Waals surface area contributed by atoms with Crippen LogP contribution in [0.4, 0.5) is 5.69 Å². The first-order chi connectivity index (χ1) is 16.3. The van der Waals surface area contributed by atoms with Crippen molar-refractivity contribution in [1.29, 1.82) is 0 Å². The van der Waals surface area contributed by atoms with Gasteiger partial charge in [0.15, 0.2) is 0 Å². The summed E-state index contributed by atoms with van der Waals surface area (Å²) in [6, 6.07) is 22.5. The zero-order valence-electron chi connectivity index (χ0n) is 19.6. The Morgan fingerprint density at radius 3 is 2.18 bits per heavy atom. The van der Waals surface area contributed by atoms with E-state index in [0.717, 1.165) is 27.6 Å². The fraction of sp³-hybridized carbons (Fsp3) is 0.231. The van der Waals surface area contributed by atoms with E-state index < -0.39 is 22.5 Å². The number of nitrogens with zero attached hydrogens (tertiary/aromatic N) is 2. The molecule has 0 aliphatic rings. The summed E-state index contributed by atoms with van der Waals surface area (Å²) in [5, 5.41) is 4.15. The van der Waals surface area contributed by atoms with E-state index in [1.54, 1.807) is 37.3 Å². The van der Waals surface area contributed by atoms with Crippen LogP contribution in [0.3, 0.4) is 0 Å². The van der Waals surface area contributed by atoms with E-state index in [4.69, 9.17) is 4.74 Å². The van der Waals surface area contributed by atoms with Crippen molar-refractivity contribution in [2.24, 2.45) is 5.10 Å². The number of hydrogen-bond acceptors (Lipinski definition) is 5. The van der Waals surface area contributed by atoms with Gasteiger partial charge in [0.1, 0.15) is 12.3 Å². The highest BCUT2D eigenvalue weighted by molar-refractivity contribution is 7.92. The topological polar surface area (TPSA) is 88.1 Å². The number of amides is 1. The van der Waals surface area contributed by atoms with Gasteiger partial charge in [-0.05, 0) is 79.9 Å². The minimum Gasteiger partial charge on any atom is -0.494 e. The third-order valence-electron chi connectivity index (χ3n) is 5.18. The van der Waals surface area contributed by atoms with Crippen LogP contribution in [-0.4, -0.2) is 33.2 Å². The van der Waals surface area contributed by atoms with E-state index in [1.165, 1.54) is 12.1 Å². The van der Waals surface area contributed by atoms with E-state index in [9.17, 15) is 13.2 Å². The van der Waals surface area contributed by atoms with Crippen LogP contribution in [0.1, 0.15) is 31.9 Å². The number of rotatable bonds is 10. The number of carbonyl (C=O) groups is 1. The fourth-order valence-corrected chi connectivity index (χ4v) is 4.71. The highest BCUT2D eigenvalue weighted by Crippen LogP contribution is 2.24. The van der Waals surface area contributed by atoms with Crippen molar-refractivity contribution in [2.45, 2.75) is 32.1 Å². The first-order valence-electron chi connectivity index (χ1n) is 11.1. The number of ether oxygens (including phenoxy) is 1. The van der Waals surface area contributed by atoms with Gasteiger partial charge in [-0.3, -0.25) is 9.10 Å². The third-order valence-corrected chi connectivity index (χ3v) is 6.97. The fourth-order valence-electron chi connectivity index (χ4n) is 3.27. The molecular weight excluding hydrogens is 450 g/mol. The molecule has 0 aromatic heterocycles. The Morgan fingerprint density at radius 1 is 0.941 bits per heavy atom. The Morgan fingerprint density at radius 2 is 1.59 bits per heavy atom. The van der Waals surface area contributed by atoms with Crippen LogP contribution in [-0.2, 0) is 21.2 Å². The smallest absolute Gasteiger partial charge is 0.264 e. The largest absolute Gasteiger partial charge is 0.494 e. The molecule has 7 nitrogen and oxygen atoms in total. The van der Waals surface area contributed by atoms with Gasteiger partial charge in [0, 0.05) is 0 Å². The number of hydrogen-bond donors (Lipinski definition) is 1. The zero-order chi connectivity index (χ0) is 24.6. The second-order valence-corrected chi connectivity index (χ2v) is 9.40. The van der Waals surface area contributed by atoms with Gasteiger partial charge in [0.2, 0.25) is 0 Å². The number of sulfonamides is 1. The molecular formula is C26H29N3O4S. The maximum Gasteiger partial charge on any atom is 0.264 e. The molecule has 0 spiro atoms. The first-order valence-corrected chi connectivity index (χ1v) is 12.5. The summed E-state index contributed by atoms with van der Waals surface area (Å²) in [7, 11) is -3.96. The summed E-state index contributed by atoms with van der Waals surface area (Å²) in [6.07, 6.45) is 0.825. The average molecular weight is 480 g/mol. The maximum absolute atomic E-state index is 13.4. The molecule has 0 bridgehead atoms. The lowest BCUT2D eigenvalue weighted by Gasteiger charge is -2.24. The Kier molecular flexibility index (Phi) is 8.43. The van der Waals surface area contributed by atoms with Crippen molar-refractivity contribution < 1.29 is 17.9 Å². The number of anilines is 1. The van der Waals surface area contributed by atoms with Gasteiger partial charge < -0.3 is 4.74 Å². The Hall–Kier alpha value is -3.65. The number of carbonyl (C=O) groups excluding carboxylic acids is 1. The zero-order valence-corrected chi connectivity index (χ0v) is 20.4. The predicted octanol–water partition coefficient (Wildman–Crippen LogP) is 4.38. The summed E-state index contributed by atoms with van der Waals surface area (Å²) in [5.74, 6) is 0.197. The first kappa shape index (κ1) is 25.0. The predicted molar refractivity (Wildman–Crippen MR) is 135 cm³/mol. The summed E-state index contributed by atoms with van der Waals surface area (Å²) in [5.41, 5.74) is 5.35. The molecule has 0 atom stereocenters. The van der Waals surface area contributed by atoms with Gasteiger partial charge in [-0.15, -0.1) is 0 Å². The second kappa shape index (κ2) is 11.5. The summed E-state index contributed by atoms with van der Waals surface area (Å²) in [6.45, 7) is 5.86. The van der Waals surface area contributed by atoms with Crippen LogP contribution >= 0.6 is 0 Å². The Balaban J connectivity index is 1.81. The van der Waals surface area contributed by atoms with Gasteiger partial charge >= 0.3 is 0 Å². The van der Waals surface area contributed by atoms with E-state index in [0.29, 0.717) is 18.0 Å². The third kappa shape index (κ3) is 6.23. The molecule has 0 fully saturated rings. The Bertz CT molecular complexity index is 1220. The van der Waals surface area contributed by atoms with Crippen LogP contribution in [0.25, 0.3) is 0 Å². The van der Waals surface area contributed by atoms with Gasteiger partial charge in [-0.2, -0.15) is 5.10 Å². The molecule has 0 radical (unpaired) electrons. The molecule has 3 rings (SSSR count). The molecule has 0 saturated carbocycles. The second-order valence-electron chi connectivity index (χ2n) is 7.53. The van der Waals surface area contributed by atoms with Gasteiger partial charge in [0.05, 0.1) is 22.9 Å². The summed E-state index contributed by atoms with van der Waals surface area (Å²) >= 11 is 0. The molecule has 3 aromatic rings. The van der Waals surface area contributed by atoms with Gasteiger partial charge in [0.25, 0.3) is 15.9 Å². The molecule has 1 N–H and O–H groups in total. The molecule has 0 unspecified atom stereocenters.